The van der Waals surface area contributed by atoms with Gasteiger partial charge in [0, 0.05) is 44.2 Å². The summed E-state index contributed by atoms with van der Waals surface area (Å²) in [6, 6.07) is 20.1. The van der Waals surface area contributed by atoms with Crippen LogP contribution in [0, 0.1) is 6.92 Å². The average Bonchev–Trinajstić information content (AvgIpc) is 3.02. The second-order valence-electron chi connectivity index (χ2n) is 10.8. The first-order chi connectivity index (χ1) is 20.9. The van der Waals surface area contributed by atoms with Crippen LogP contribution in [0.4, 0.5) is 16.2 Å². The number of likely N-dealkylation sites (tertiary alicyclic amines) is 1. The first-order valence-electron chi connectivity index (χ1n) is 15.1. The molecule has 3 aromatic carbocycles. The van der Waals surface area contributed by atoms with E-state index < -0.39 is 0 Å². The van der Waals surface area contributed by atoms with Crippen LogP contribution in [-0.2, 0) is 4.74 Å². The standard InChI is InChI=1S/C34H44N4O5/c1-5-25(6-2)36-34(40)37-26-11-14-28(15-12-26)42-31-16-13-27(23-24(31)3)35-33(39)30-9-7-8-10-32(30)43-29-17-19-38(20-18-29)21-22-41-4/h7-16,23,25,29H,5-6,17-22H2,1-4H3,(H,35,39)(H2,36,37,40). The van der Waals surface area contributed by atoms with E-state index in [0.717, 1.165) is 57.5 Å². The summed E-state index contributed by atoms with van der Waals surface area (Å²) in [4.78, 5) is 27.8. The smallest absolute Gasteiger partial charge is 0.319 e. The van der Waals surface area contributed by atoms with Crippen LogP contribution in [0.1, 0.15) is 55.5 Å². The number of nitrogens with zero attached hydrogens (tertiary/aromatic N) is 1. The fourth-order valence-electron chi connectivity index (χ4n) is 5.03. The average molecular weight is 589 g/mol. The Morgan fingerprint density at radius 1 is 0.907 bits per heavy atom. The van der Waals surface area contributed by atoms with E-state index in [9.17, 15) is 9.59 Å². The van der Waals surface area contributed by atoms with E-state index in [4.69, 9.17) is 14.2 Å². The van der Waals surface area contributed by atoms with Crippen molar-refractivity contribution in [2.75, 3.05) is 44.0 Å². The molecule has 0 aliphatic carbocycles. The van der Waals surface area contributed by atoms with Crippen LogP contribution in [0.25, 0.3) is 0 Å². The molecule has 0 unspecified atom stereocenters. The summed E-state index contributed by atoms with van der Waals surface area (Å²) in [7, 11) is 1.72. The number of benzene rings is 3. The highest BCUT2D eigenvalue weighted by Gasteiger charge is 2.22. The van der Waals surface area contributed by atoms with Crippen LogP contribution >= 0.6 is 0 Å². The Bertz CT molecular complexity index is 1330. The third-order valence-corrected chi connectivity index (χ3v) is 7.67. The minimum atomic E-state index is -0.225. The zero-order chi connectivity index (χ0) is 30.6. The maximum atomic E-state index is 13.3. The highest BCUT2D eigenvalue weighted by atomic mass is 16.5. The second kappa shape index (κ2) is 16.0. The lowest BCUT2D eigenvalue weighted by Crippen LogP contribution is -2.39. The molecule has 0 aromatic heterocycles. The van der Waals surface area contributed by atoms with E-state index >= 15 is 0 Å². The summed E-state index contributed by atoms with van der Waals surface area (Å²) in [5.41, 5.74) is 2.72. The number of carbonyl (C=O) groups excluding carboxylic acids is 2. The summed E-state index contributed by atoms with van der Waals surface area (Å²) < 4.78 is 17.6. The minimum absolute atomic E-state index is 0.0721. The Balaban J connectivity index is 1.32. The molecule has 0 saturated carbocycles. The van der Waals surface area contributed by atoms with Gasteiger partial charge in [-0.25, -0.2) is 4.79 Å². The number of rotatable bonds is 13. The van der Waals surface area contributed by atoms with E-state index in [-0.39, 0.29) is 24.1 Å². The maximum absolute atomic E-state index is 13.3. The first kappa shape index (κ1) is 31.8. The number of nitrogens with one attached hydrogen (secondary N) is 3. The monoisotopic (exact) mass is 588 g/mol. The van der Waals surface area contributed by atoms with Gasteiger partial charge in [0.2, 0.25) is 0 Å². The Morgan fingerprint density at radius 2 is 1.60 bits per heavy atom. The largest absolute Gasteiger partial charge is 0.489 e. The summed E-state index contributed by atoms with van der Waals surface area (Å²) in [6.07, 6.45) is 3.66. The lowest BCUT2D eigenvalue weighted by molar-refractivity contribution is 0.0784. The molecule has 0 radical (unpaired) electrons. The van der Waals surface area contributed by atoms with Crippen LogP contribution in [0.15, 0.2) is 66.7 Å². The van der Waals surface area contributed by atoms with Crippen LogP contribution < -0.4 is 25.4 Å². The van der Waals surface area contributed by atoms with E-state index in [1.165, 1.54) is 0 Å². The molecule has 0 spiro atoms. The fraction of sp³-hybridized carbons (Fsp3) is 0.412. The van der Waals surface area contributed by atoms with Crippen molar-refractivity contribution in [2.45, 2.75) is 58.6 Å². The Kier molecular flexibility index (Phi) is 11.8. The Morgan fingerprint density at radius 3 is 2.28 bits per heavy atom. The van der Waals surface area contributed by atoms with Crippen molar-refractivity contribution in [3.05, 3.63) is 77.9 Å². The van der Waals surface area contributed by atoms with Gasteiger partial charge in [0.25, 0.3) is 5.91 Å². The normalized spacial score (nSPS) is 13.9. The van der Waals surface area contributed by atoms with Crippen molar-refractivity contribution in [2.24, 2.45) is 0 Å². The molecule has 4 rings (SSSR count). The SMILES string of the molecule is CCC(CC)NC(=O)Nc1ccc(Oc2ccc(NC(=O)c3ccccc3OC3CCN(CCOC)CC3)cc2C)cc1. The van der Waals surface area contributed by atoms with Crippen LogP contribution in [0.5, 0.6) is 17.2 Å². The van der Waals surface area contributed by atoms with E-state index in [2.05, 4.69) is 34.7 Å². The molecule has 230 valence electrons. The molecule has 1 saturated heterocycles. The highest BCUT2D eigenvalue weighted by Crippen LogP contribution is 2.29. The molecular weight excluding hydrogens is 544 g/mol. The van der Waals surface area contributed by atoms with Crippen LogP contribution in [-0.4, -0.2) is 62.3 Å². The number of para-hydroxylation sites is 1. The van der Waals surface area contributed by atoms with Crippen molar-refractivity contribution in [3.63, 3.8) is 0 Å². The number of anilines is 2. The molecule has 1 heterocycles. The molecule has 3 amide bonds. The number of carbonyl (C=O) groups is 2. The summed E-state index contributed by atoms with van der Waals surface area (Å²) in [5, 5.41) is 8.82. The lowest BCUT2D eigenvalue weighted by Gasteiger charge is -2.32. The van der Waals surface area contributed by atoms with Crippen molar-refractivity contribution in [3.8, 4) is 17.2 Å². The molecule has 1 aliphatic heterocycles. The number of hydrogen-bond donors (Lipinski definition) is 3. The summed E-state index contributed by atoms with van der Waals surface area (Å²) >= 11 is 0. The molecule has 0 bridgehead atoms. The van der Waals surface area contributed by atoms with Crippen LogP contribution in [0.3, 0.4) is 0 Å². The number of ether oxygens (including phenoxy) is 3. The predicted molar refractivity (Wildman–Crippen MR) is 171 cm³/mol. The second-order valence-corrected chi connectivity index (χ2v) is 10.8. The van der Waals surface area contributed by atoms with E-state index in [0.29, 0.717) is 34.2 Å². The molecule has 9 nitrogen and oxygen atoms in total. The molecular formula is C34H44N4O5. The van der Waals surface area contributed by atoms with Gasteiger partial charge in [-0.1, -0.05) is 26.0 Å². The lowest BCUT2D eigenvalue weighted by atomic mass is 10.1. The van der Waals surface area contributed by atoms with Crippen molar-refractivity contribution < 1.29 is 23.8 Å². The number of piperidine rings is 1. The molecule has 0 atom stereocenters. The highest BCUT2D eigenvalue weighted by molar-refractivity contribution is 6.06. The quantitative estimate of drug-likeness (QED) is 0.202. The molecule has 3 aromatic rings. The van der Waals surface area contributed by atoms with Crippen molar-refractivity contribution >= 4 is 23.3 Å². The molecule has 43 heavy (non-hydrogen) atoms. The number of amides is 3. The minimum Gasteiger partial charge on any atom is -0.489 e. The van der Waals surface area contributed by atoms with Gasteiger partial charge >= 0.3 is 6.03 Å². The Labute approximate surface area is 254 Å². The summed E-state index contributed by atoms with van der Waals surface area (Å²) in [6.45, 7) is 9.58. The third-order valence-electron chi connectivity index (χ3n) is 7.67. The van der Waals surface area contributed by atoms with E-state index in [1.807, 2.05) is 55.5 Å². The number of hydrogen-bond acceptors (Lipinski definition) is 6. The van der Waals surface area contributed by atoms with Gasteiger partial charge in [-0.05, 0) is 92.8 Å². The zero-order valence-corrected chi connectivity index (χ0v) is 25.7. The molecule has 3 N–H and O–H groups in total. The van der Waals surface area contributed by atoms with Gasteiger partial charge in [-0.15, -0.1) is 0 Å². The van der Waals surface area contributed by atoms with Gasteiger partial charge in [0.15, 0.2) is 0 Å². The summed E-state index contributed by atoms with van der Waals surface area (Å²) in [5.74, 6) is 1.68. The van der Waals surface area contributed by atoms with Gasteiger partial charge in [-0.3, -0.25) is 4.79 Å². The van der Waals surface area contributed by atoms with Crippen LogP contribution in [0.2, 0.25) is 0 Å². The predicted octanol–water partition coefficient (Wildman–Crippen LogP) is 6.84. The zero-order valence-electron chi connectivity index (χ0n) is 25.7. The molecule has 1 aliphatic rings. The van der Waals surface area contributed by atoms with Gasteiger partial charge in [0.05, 0.1) is 12.2 Å². The van der Waals surface area contributed by atoms with Crippen molar-refractivity contribution in [1.82, 2.24) is 10.2 Å². The third kappa shape index (κ3) is 9.46. The first-order valence-corrected chi connectivity index (χ1v) is 15.1. The fourth-order valence-corrected chi connectivity index (χ4v) is 5.03. The number of aryl methyl sites for hydroxylation is 1. The Hall–Kier alpha value is -4.08. The van der Waals surface area contributed by atoms with Gasteiger partial charge in [0.1, 0.15) is 23.4 Å². The molecule has 1 fully saturated rings. The molecule has 9 heteroatoms. The van der Waals surface area contributed by atoms with E-state index in [1.54, 1.807) is 25.3 Å². The van der Waals surface area contributed by atoms with Gasteiger partial charge in [-0.2, -0.15) is 0 Å². The number of methoxy groups -OCH3 is 1. The number of urea groups is 1. The topological polar surface area (TPSA) is 101 Å². The van der Waals surface area contributed by atoms with Crippen molar-refractivity contribution in [1.29, 1.82) is 0 Å². The maximum Gasteiger partial charge on any atom is 0.319 e. The van der Waals surface area contributed by atoms with Gasteiger partial charge < -0.3 is 35.1 Å².